The molecule has 116 valence electrons. The summed E-state index contributed by atoms with van der Waals surface area (Å²) < 4.78 is 5.18. The summed E-state index contributed by atoms with van der Waals surface area (Å²) in [5.74, 6) is 0.984. The van der Waals surface area contributed by atoms with Crippen LogP contribution in [-0.4, -0.2) is 38.4 Å². The minimum Gasteiger partial charge on any atom is -0.497 e. The number of hydrogen-bond donors (Lipinski definition) is 0. The third-order valence-corrected chi connectivity index (χ3v) is 3.66. The molecule has 2 aromatic carbocycles. The smallest absolute Gasteiger partial charge is 0.167 e. The number of carbonyl (C=O) groups is 1. The minimum atomic E-state index is -0.0502. The van der Waals surface area contributed by atoms with Gasteiger partial charge in [0.2, 0.25) is 0 Å². The van der Waals surface area contributed by atoms with E-state index < -0.39 is 0 Å². The average molecular weight is 297 g/mol. The van der Waals surface area contributed by atoms with E-state index in [2.05, 4.69) is 4.90 Å². The van der Waals surface area contributed by atoms with Gasteiger partial charge in [0.15, 0.2) is 5.78 Å². The molecule has 0 heterocycles. The van der Waals surface area contributed by atoms with Crippen LogP contribution in [0.5, 0.6) is 5.75 Å². The molecule has 0 radical (unpaired) electrons. The van der Waals surface area contributed by atoms with E-state index in [9.17, 15) is 4.79 Å². The molecule has 0 unspecified atom stereocenters. The second-order valence-electron chi connectivity index (χ2n) is 5.74. The highest BCUT2D eigenvalue weighted by Gasteiger charge is 2.21. The molecule has 3 heteroatoms. The molecule has 0 N–H and O–H groups in total. The topological polar surface area (TPSA) is 29.5 Å². The van der Waals surface area contributed by atoms with Gasteiger partial charge in [-0.2, -0.15) is 0 Å². The van der Waals surface area contributed by atoms with Crippen LogP contribution in [0.25, 0.3) is 0 Å². The summed E-state index contributed by atoms with van der Waals surface area (Å²) in [6.07, 6.45) is 0.732. The van der Waals surface area contributed by atoms with Crippen molar-refractivity contribution in [2.75, 3.05) is 27.7 Å². The molecule has 0 saturated heterocycles. The van der Waals surface area contributed by atoms with Gasteiger partial charge in [0.05, 0.1) is 7.11 Å². The van der Waals surface area contributed by atoms with Crippen molar-refractivity contribution in [2.24, 2.45) is 5.92 Å². The molecule has 0 aliphatic rings. The lowest BCUT2D eigenvalue weighted by atomic mass is 9.91. The maximum Gasteiger partial charge on any atom is 0.167 e. The molecule has 0 saturated carbocycles. The fourth-order valence-electron chi connectivity index (χ4n) is 2.57. The SMILES string of the molecule is COc1ccc(C[C@@H](CN(C)C)C(=O)c2ccccc2)cc1. The van der Waals surface area contributed by atoms with Crippen molar-refractivity contribution in [3.63, 3.8) is 0 Å². The van der Waals surface area contributed by atoms with Gasteiger partial charge >= 0.3 is 0 Å². The molecule has 22 heavy (non-hydrogen) atoms. The van der Waals surface area contributed by atoms with Crippen LogP contribution in [-0.2, 0) is 6.42 Å². The average Bonchev–Trinajstić information content (AvgIpc) is 2.54. The molecule has 3 nitrogen and oxygen atoms in total. The highest BCUT2D eigenvalue weighted by molar-refractivity contribution is 5.98. The normalized spacial score (nSPS) is 12.2. The van der Waals surface area contributed by atoms with Crippen molar-refractivity contribution in [3.05, 3.63) is 65.7 Å². The lowest BCUT2D eigenvalue weighted by Gasteiger charge is -2.20. The number of methoxy groups -OCH3 is 1. The second kappa shape index (κ2) is 7.76. The highest BCUT2D eigenvalue weighted by atomic mass is 16.5. The van der Waals surface area contributed by atoms with E-state index in [-0.39, 0.29) is 11.7 Å². The molecule has 0 aliphatic heterocycles. The molecule has 2 aromatic rings. The first-order valence-corrected chi connectivity index (χ1v) is 7.47. The van der Waals surface area contributed by atoms with Gasteiger partial charge in [-0.3, -0.25) is 4.79 Å². The molecule has 0 aromatic heterocycles. The van der Waals surface area contributed by atoms with E-state index in [0.717, 1.165) is 29.8 Å². The molecule has 2 rings (SSSR count). The van der Waals surface area contributed by atoms with Crippen LogP contribution < -0.4 is 4.74 Å². The number of ketones is 1. The molecule has 0 fully saturated rings. The van der Waals surface area contributed by atoms with Gasteiger partial charge < -0.3 is 9.64 Å². The van der Waals surface area contributed by atoms with Gasteiger partial charge in [-0.05, 0) is 38.2 Å². The van der Waals surface area contributed by atoms with Crippen molar-refractivity contribution in [1.82, 2.24) is 4.90 Å². The van der Waals surface area contributed by atoms with Crippen LogP contribution in [0.15, 0.2) is 54.6 Å². The third-order valence-electron chi connectivity index (χ3n) is 3.66. The summed E-state index contributed by atoms with van der Waals surface area (Å²) in [6, 6.07) is 17.5. The Balaban J connectivity index is 2.16. The summed E-state index contributed by atoms with van der Waals surface area (Å²) in [5, 5.41) is 0. The first-order valence-electron chi connectivity index (χ1n) is 7.47. The number of nitrogens with zero attached hydrogens (tertiary/aromatic N) is 1. The van der Waals surface area contributed by atoms with E-state index in [1.807, 2.05) is 68.7 Å². The predicted molar refractivity (Wildman–Crippen MR) is 89.5 cm³/mol. The van der Waals surface area contributed by atoms with E-state index in [4.69, 9.17) is 4.74 Å². The van der Waals surface area contributed by atoms with Crippen LogP contribution >= 0.6 is 0 Å². The van der Waals surface area contributed by atoms with Crippen LogP contribution in [0.2, 0.25) is 0 Å². The van der Waals surface area contributed by atoms with E-state index >= 15 is 0 Å². The van der Waals surface area contributed by atoms with Crippen molar-refractivity contribution >= 4 is 5.78 Å². The van der Waals surface area contributed by atoms with Crippen molar-refractivity contribution < 1.29 is 9.53 Å². The summed E-state index contributed by atoms with van der Waals surface area (Å²) in [7, 11) is 5.65. The molecule has 0 spiro atoms. The zero-order valence-electron chi connectivity index (χ0n) is 13.5. The number of hydrogen-bond acceptors (Lipinski definition) is 3. The molecular weight excluding hydrogens is 274 g/mol. The van der Waals surface area contributed by atoms with Crippen LogP contribution in [0.4, 0.5) is 0 Å². The van der Waals surface area contributed by atoms with Gasteiger partial charge in [-0.15, -0.1) is 0 Å². The van der Waals surface area contributed by atoms with Gasteiger partial charge in [0, 0.05) is 18.0 Å². The maximum absolute atomic E-state index is 12.8. The number of benzene rings is 2. The molecule has 0 bridgehead atoms. The molecule has 1 atom stereocenters. The Morgan fingerprint density at radius 2 is 1.68 bits per heavy atom. The van der Waals surface area contributed by atoms with Crippen LogP contribution in [0, 0.1) is 5.92 Å². The minimum absolute atomic E-state index is 0.0502. The quantitative estimate of drug-likeness (QED) is 0.734. The van der Waals surface area contributed by atoms with Crippen molar-refractivity contribution in [2.45, 2.75) is 6.42 Å². The van der Waals surface area contributed by atoms with E-state index in [1.165, 1.54) is 0 Å². The number of ether oxygens (including phenoxy) is 1. The van der Waals surface area contributed by atoms with Gasteiger partial charge in [0.25, 0.3) is 0 Å². The zero-order valence-corrected chi connectivity index (χ0v) is 13.5. The number of Topliss-reactive ketones (excluding diaryl/α,β-unsaturated/α-hetero) is 1. The van der Waals surface area contributed by atoms with Gasteiger partial charge in [0.1, 0.15) is 5.75 Å². The number of rotatable bonds is 7. The lowest BCUT2D eigenvalue weighted by molar-refractivity contribution is 0.0896. The number of carbonyl (C=O) groups excluding carboxylic acids is 1. The van der Waals surface area contributed by atoms with E-state index in [0.29, 0.717) is 0 Å². The van der Waals surface area contributed by atoms with Gasteiger partial charge in [-0.25, -0.2) is 0 Å². The monoisotopic (exact) mass is 297 g/mol. The summed E-state index contributed by atoms with van der Waals surface area (Å²) in [6.45, 7) is 0.736. The Morgan fingerprint density at radius 1 is 1.05 bits per heavy atom. The van der Waals surface area contributed by atoms with Crippen LogP contribution in [0.1, 0.15) is 15.9 Å². The Hall–Kier alpha value is -2.13. The van der Waals surface area contributed by atoms with Crippen molar-refractivity contribution in [3.8, 4) is 5.75 Å². The first-order chi connectivity index (χ1) is 10.6. The fraction of sp³-hybridized carbons (Fsp3) is 0.316. The first kappa shape index (κ1) is 16.2. The predicted octanol–water partition coefficient (Wildman–Crippen LogP) is 3.30. The summed E-state index contributed by atoms with van der Waals surface area (Å²) in [4.78, 5) is 14.8. The van der Waals surface area contributed by atoms with Crippen molar-refractivity contribution in [1.29, 1.82) is 0 Å². The van der Waals surface area contributed by atoms with E-state index in [1.54, 1.807) is 7.11 Å². The van der Waals surface area contributed by atoms with Crippen LogP contribution in [0.3, 0.4) is 0 Å². The summed E-state index contributed by atoms with van der Waals surface area (Å²) in [5.41, 5.74) is 1.93. The standard InChI is InChI=1S/C19H23NO2/c1-20(2)14-17(19(21)16-7-5-4-6-8-16)13-15-9-11-18(22-3)12-10-15/h4-12,17H,13-14H2,1-3H3/t17-/m0/s1. The molecular formula is C19H23NO2. The Labute approximate surface area is 132 Å². The summed E-state index contributed by atoms with van der Waals surface area (Å²) >= 11 is 0. The Bertz CT molecular complexity index is 591. The third kappa shape index (κ3) is 4.43. The Morgan fingerprint density at radius 3 is 2.23 bits per heavy atom. The molecule has 0 aliphatic carbocycles. The molecule has 0 amide bonds. The maximum atomic E-state index is 12.8. The lowest BCUT2D eigenvalue weighted by Crippen LogP contribution is -2.29. The highest BCUT2D eigenvalue weighted by Crippen LogP contribution is 2.18. The fourth-order valence-corrected chi connectivity index (χ4v) is 2.57. The van der Waals surface area contributed by atoms with Gasteiger partial charge in [-0.1, -0.05) is 42.5 Å². The zero-order chi connectivity index (χ0) is 15.9. The largest absolute Gasteiger partial charge is 0.497 e. The second-order valence-corrected chi connectivity index (χ2v) is 5.74. The Kier molecular flexibility index (Phi) is 5.73.